The van der Waals surface area contributed by atoms with Crippen LogP contribution in [0, 0.1) is 0 Å². The van der Waals surface area contributed by atoms with Crippen LogP contribution in [0.5, 0.6) is 0 Å². The highest BCUT2D eigenvalue weighted by Gasteiger charge is 2.07. The predicted molar refractivity (Wildman–Crippen MR) is 55.5 cm³/mol. The molecule has 1 N–H and O–H groups in total. The van der Waals surface area contributed by atoms with Crippen LogP contribution in [-0.4, -0.2) is 11.4 Å². The topological polar surface area (TPSA) is 50.4 Å². The van der Waals surface area contributed by atoms with Crippen molar-refractivity contribution in [2.45, 2.75) is 6.61 Å². The van der Waals surface area contributed by atoms with Gasteiger partial charge in [0.25, 0.3) is 0 Å². The lowest BCUT2D eigenvalue weighted by atomic mass is 10.1. The van der Waals surface area contributed by atoms with Gasteiger partial charge in [0, 0.05) is 5.56 Å². The summed E-state index contributed by atoms with van der Waals surface area (Å²) in [5, 5.41) is 9.13. The first-order valence-corrected chi connectivity index (χ1v) is 4.59. The fraction of sp³-hybridized carbons (Fsp3) is 0.0833. The summed E-state index contributed by atoms with van der Waals surface area (Å²) in [6.45, 7) is -0.0483. The van der Waals surface area contributed by atoms with Crippen molar-refractivity contribution in [3.05, 3.63) is 47.7 Å². The van der Waals surface area contributed by atoms with Crippen molar-refractivity contribution >= 4 is 6.29 Å². The predicted octanol–water partition coefficient (Wildman–Crippen LogP) is 2.25. The summed E-state index contributed by atoms with van der Waals surface area (Å²) in [5.41, 5.74) is 1.59. The molecule has 1 aromatic heterocycles. The minimum absolute atomic E-state index is 0.0483. The summed E-state index contributed by atoms with van der Waals surface area (Å²) < 4.78 is 5.28. The normalized spacial score (nSPS) is 10.2. The number of hydrogen-bond acceptors (Lipinski definition) is 3. The molecule has 0 spiro atoms. The Morgan fingerprint density at radius 1 is 1.20 bits per heavy atom. The summed E-state index contributed by atoms with van der Waals surface area (Å²) in [6, 6.07) is 10.7. The molecule has 76 valence electrons. The summed E-state index contributed by atoms with van der Waals surface area (Å²) in [6.07, 6.45) is 0.658. The third-order valence-electron chi connectivity index (χ3n) is 2.20. The van der Waals surface area contributed by atoms with Gasteiger partial charge in [-0.25, -0.2) is 0 Å². The Kier molecular flexibility index (Phi) is 2.65. The van der Waals surface area contributed by atoms with Crippen molar-refractivity contribution in [2.24, 2.45) is 0 Å². The number of benzene rings is 1. The highest BCUT2D eigenvalue weighted by Crippen LogP contribution is 2.25. The Balaban J connectivity index is 2.48. The standard InChI is InChI=1S/C12H10O3/c13-7-9-3-1-2-4-11(9)12-6-5-10(8-14)15-12/h1-6,8,13H,7H2. The molecule has 0 saturated carbocycles. The smallest absolute Gasteiger partial charge is 0.185 e. The molecule has 1 heterocycles. The molecular weight excluding hydrogens is 192 g/mol. The van der Waals surface area contributed by atoms with Gasteiger partial charge in [0.15, 0.2) is 12.0 Å². The number of carbonyl (C=O) groups is 1. The zero-order valence-corrected chi connectivity index (χ0v) is 8.01. The van der Waals surface area contributed by atoms with Crippen LogP contribution in [0.3, 0.4) is 0 Å². The van der Waals surface area contributed by atoms with Crippen molar-refractivity contribution in [3.63, 3.8) is 0 Å². The lowest BCUT2D eigenvalue weighted by Crippen LogP contribution is -1.86. The van der Waals surface area contributed by atoms with E-state index in [0.29, 0.717) is 12.0 Å². The van der Waals surface area contributed by atoms with Crippen molar-refractivity contribution in [2.75, 3.05) is 0 Å². The molecule has 0 aliphatic rings. The van der Waals surface area contributed by atoms with E-state index in [0.717, 1.165) is 11.1 Å². The van der Waals surface area contributed by atoms with Crippen LogP contribution in [-0.2, 0) is 6.61 Å². The molecule has 15 heavy (non-hydrogen) atoms. The Hall–Kier alpha value is -1.87. The third-order valence-corrected chi connectivity index (χ3v) is 2.20. The maximum absolute atomic E-state index is 10.5. The SMILES string of the molecule is O=Cc1ccc(-c2ccccc2CO)o1. The Morgan fingerprint density at radius 3 is 2.67 bits per heavy atom. The highest BCUT2D eigenvalue weighted by atomic mass is 16.3. The van der Waals surface area contributed by atoms with Crippen LogP contribution >= 0.6 is 0 Å². The zero-order valence-electron chi connectivity index (χ0n) is 8.01. The lowest BCUT2D eigenvalue weighted by molar-refractivity contribution is 0.110. The first kappa shape index (κ1) is 9.68. The Morgan fingerprint density at radius 2 is 2.00 bits per heavy atom. The van der Waals surface area contributed by atoms with E-state index in [1.165, 1.54) is 0 Å². The molecule has 0 radical (unpaired) electrons. The maximum Gasteiger partial charge on any atom is 0.185 e. The maximum atomic E-state index is 10.5. The van der Waals surface area contributed by atoms with E-state index in [-0.39, 0.29) is 12.4 Å². The van der Waals surface area contributed by atoms with Gasteiger partial charge in [0.1, 0.15) is 5.76 Å². The second-order valence-electron chi connectivity index (χ2n) is 3.14. The summed E-state index contributed by atoms with van der Waals surface area (Å²) in [7, 11) is 0. The van der Waals surface area contributed by atoms with Crippen molar-refractivity contribution in [1.82, 2.24) is 0 Å². The number of aldehydes is 1. The molecule has 1 aromatic carbocycles. The number of rotatable bonds is 3. The summed E-state index contributed by atoms with van der Waals surface area (Å²) >= 11 is 0. The van der Waals surface area contributed by atoms with Crippen molar-refractivity contribution in [1.29, 1.82) is 0 Å². The molecule has 0 unspecified atom stereocenters. The number of hydrogen-bond donors (Lipinski definition) is 1. The lowest BCUT2D eigenvalue weighted by Gasteiger charge is -2.02. The van der Waals surface area contributed by atoms with Crippen LogP contribution in [0.15, 0.2) is 40.8 Å². The van der Waals surface area contributed by atoms with E-state index in [1.54, 1.807) is 12.1 Å². The molecule has 2 aromatic rings. The second-order valence-corrected chi connectivity index (χ2v) is 3.14. The van der Waals surface area contributed by atoms with E-state index in [9.17, 15) is 4.79 Å². The van der Waals surface area contributed by atoms with Gasteiger partial charge >= 0.3 is 0 Å². The molecule has 0 aliphatic carbocycles. The van der Waals surface area contributed by atoms with E-state index < -0.39 is 0 Å². The fourth-order valence-corrected chi connectivity index (χ4v) is 1.46. The van der Waals surface area contributed by atoms with Crippen LogP contribution in [0.2, 0.25) is 0 Å². The number of aliphatic hydroxyl groups is 1. The zero-order chi connectivity index (χ0) is 10.7. The minimum Gasteiger partial charge on any atom is -0.453 e. The van der Waals surface area contributed by atoms with Gasteiger partial charge in [-0.1, -0.05) is 24.3 Å². The third kappa shape index (κ3) is 1.82. The average Bonchev–Trinajstić information content (AvgIpc) is 2.77. The molecule has 2 rings (SSSR count). The van der Waals surface area contributed by atoms with Crippen molar-refractivity contribution < 1.29 is 14.3 Å². The molecule has 3 heteroatoms. The quantitative estimate of drug-likeness (QED) is 0.776. The number of carbonyl (C=O) groups excluding carboxylic acids is 1. The Bertz CT molecular complexity index is 471. The van der Waals surface area contributed by atoms with Crippen LogP contribution in [0.1, 0.15) is 16.1 Å². The van der Waals surface area contributed by atoms with E-state index in [2.05, 4.69) is 0 Å². The average molecular weight is 202 g/mol. The van der Waals surface area contributed by atoms with Gasteiger partial charge in [0.05, 0.1) is 6.61 Å². The van der Waals surface area contributed by atoms with E-state index >= 15 is 0 Å². The second kappa shape index (κ2) is 4.11. The Labute approximate surface area is 87.0 Å². The molecule has 0 fully saturated rings. The van der Waals surface area contributed by atoms with Gasteiger partial charge in [-0.2, -0.15) is 0 Å². The molecule has 0 aliphatic heterocycles. The van der Waals surface area contributed by atoms with Gasteiger partial charge < -0.3 is 9.52 Å². The van der Waals surface area contributed by atoms with Crippen LogP contribution < -0.4 is 0 Å². The minimum atomic E-state index is -0.0483. The van der Waals surface area contributed by atoms with E-state index in [1.807, 2.05) is 24.3 Å². The molecular formula is C12H10O3. The van der Waals surface area contributed by atoms with Crippen molar-refractivity contribution in [3.8, 4) is 11.3 Å². The monoisotopic (exact) mass is 202 g/mol. The number of furan rings is 1. The molecule has 0 saturated heterocycles. The van der Waals surface area contributed by atoms with Gasteiger partial charge in [-0.05, 0) is 17.7 Å². The first-order valence-electron chi connectivity index (χ1n) is 4.59. The van der Waals surface area contributed by atoms with E-state index in [4.69, 9.17) is 9.52 Å². The molecule has 3 nitrogen and oxygen atoms in total. The molecule has 0 atom stereocenters. The van der Waals surface area contributed by atoms with Gasteiger partial charge in [0.2, 0.25) is 0 Å². The number of aliphatic hydroxyl groups excluding tert-OH is 1. The molecule has 0 amide bonds. The largest absolute Gasteiger partial charge is 0.453 e. The fourth-order valence-electron chi connectivity index (χ4n) is 1.46. The van der Waals surface area contributed by atoms with Gasteiger partial charge in [-0.15, -0.1) is 0 Å². The van der Waals surface area contributed by atoms with Crippen LogP contribution in [0.4, 0.5) is 0 Å². The molecule has 0 bridgehead atoms. The first-order chi connectivity index (χ1) is 7.35. The summed E-state index contributed by atoms with van der Waals surface area (Å²) in [4.78, 5) is 10.5. The highest BCUT2D eigenvalue weighted by molar-refractivity contribution is 5.73. The van der Waals surface area contributed by atoms with Gasteiger partial charge in [-0.3, -0.25) is 4.79 Å². The summed E-state index contributed by atoms with van der Waals surface area (Å²) in [5.74, 6) is 0.888. The van der Waals surface area contributed by atoms with Crippen LogP contribution in [0.25, 0.3) is 11.3 Å².